The van der Waals surface area contributed by atoms with Gasteiger partial charge in [0, 0.05) is 14.5 Å². The molecule has 0 heterocycles. The van der Waals surface area contributed by atoms with Crippen LogP contribution in [0.15, 0.2) is 26.0 Å². The van der Waals surface area contributed by atoms with Gasteiger partial charge in [0.05, 0.1) is 4.90 Å². The number of hydrogen-bond donors (Lipinski definition) is 1. The molecule has 0 saturated heterocycles. The Bertz CT molecular complexity index is 632. The van der Waals surface area contributed by atoms with Gasteiger partial charge in [-0.25, -0.2) is 13.1 Å². The molecule has 0 saturated carbocycles. The quantitative estimate of drug-likeness (QED) is 0.714. The summed E-state index contributed by atoms with van der Waals surface area (Å²) in [6.45, 7) is 12.0. The van der Waals surface area contributed by atoms with Gasteiger partial charge in [-0.05, 0) is 66.2 Å². The number of benzene rings is 1. The van der Waals surface area contributed by atoms with Crippen molar-refractivity contribution in [3.63, 3.8) is 0 Å². The smallest absolute Gasteiger partial charge is 0.207 e. The molecule has 3 nitrogen and oxygen atoms in total. The minimum absolute atomic E-state index is 0.0388. The van der Waals surface area contributed by atoms with E-state index in [2.05, 4.69) is 57.4 Å². The minimum atomic E-state index is -3.59. The molecule has 0 amide bonds. The van der Waals surface area contributed by atoms with Crippen LogP contribution in [0.25, 0.3) is 0 Å². The molecule has 0 aliphatic rings. The molecule has 0 bridgehead atoms. The summed E-state index contributed by atoms with van der Waals surface area (Å²) in [5, 5.41) is 0. The van der Waals surface area contributed by atoms with Gasteiger partial charge in [-0.2, -0.15) is 0 Å². The highest BCUT2D eigenvalue weighted by Gasteiger charge is 2.31. The molecule has 0 aliphatic heterocycles. The molecule has 0 aromatic heterocycles. The standard InChI is InChI=1S/C15H23Br2NO2S/c1-10-7-12(17)13(8-11(10)16)21(19,20)18-15(5,6)9-14(2,3)4/h7-8,18H,9H2,1-6H3. The van der Waals surface area contributed by atoms with Gasteiger partial charge in [-0.3, -0.25) is 0 Å². The molecule has 0 aliphatic carbocycles. The van der Waals surface area contributed by atoms with Gasteiger partial charge in [0.25, 0.3) is 0 Å². The maximum absolute atomic E-state index is 12.7. The molecule has 6 heteroatoms. The third-order valence-corrected chi connectivity index (χ3v) is 6.40. The van der Waals surface area contributed by atoms with Gasteiger partial charge in [-0.1, -0.05) is 36.7 Å². The van der Waals surface area contributed by atoms with Gasteiger partial charge in [-0.15, -0.1) is 0 Å². The van der Waals surface area contributed by atoms with Crippen LogP contribution in [0, 0.1) is 12.3 Å². The number of aryl methyl sites for hydroxylation is 1. The summed E-state index contributed by atoms with van der Waals surface area (Å²) in [7, 11) is -3.59. The summed E-state index contributed by atoms with van der Waals surface area (Å²) >= 11 is 6.73. The van der Waals surface area contributed by atoms with Gasteiger partial charge in [0.2, 0.25) is 10.0 Å². The van der Waals surface area contributed by atoms with Crippen LogP contribution in [-0.4, -0.2) is 14.0 Å². The summed E-state index contributed by atoms with van der Waals surface area (Å²) < 4.78 is 29.5. The summed E-state index contributed by atoms with van der Waals surface area (Å²) in [5.41, 5.74) is 0.500. The third-order valence-electron chi connectivity index (χ3n) is 2.89. The van der Waals surface area contributed by atoms with E-state index in [4.69, 9.17) is 0 Å². The molecular weight excluding hydrogens is 418 g/mol. The fourth-order valence-electron chi connectivity index (χ4n) is 2.61. The fraction of sp³-hybridized carbons (Fsp3) is 0.600. The van der Waals surface area contributed by atoms with Crippen LogP contribution in [0.1, 0.15) is 46.6 Å². The Morgan fingerprint density at radius 1 is 1.05 bits per heavy atom. The normalized spacial score (nSPS) is 13.5. The summed E-state index contributed by atoms with van der Waals surface area (Å²) in [6.07, 6.45) is 0.740. The largest absolute Gasteiger partial charge is 0.242 e. The molecule has 21 heavy (non-hydrogen) atoms. The van der Waals surface area contributed by atoms with Crippen molar-refractivity contribution in [1.82, 2.24) is 4.72 Å². The second-order valence-electron chi connectivity index (χ2n) is 7.26. The number of nitrogens with one attached hydrogen (secondary N) is 1. The molecule has 0 spiro atoms. The van der Waals surface area contributed by atoms with Crippen molar-refractivity contribution in [3.8, 4) is 0 Å². The lowest BCUT2D eigenvalue weighted by Crippen LogP contribution is -2.45. The van der Waals surface area contributed by atoms with Crippen molar-refractivity contribution in [1.29, 1.82) is 0 Å². The van der Waals surface area contributed by atoms with Crippen LogP contribution in [0.3, 0.4) is 0 Å². The highest BCUT2D eigenvalue weighted by Crippen LogP contribution is 2.32. The summed E-state index contributed by atoms with van der Waals surface area (Å²) in [6, 6.07) is 3.43. The van der Waals surface area contributed by atoms with Crippen LogP contribution in [0.2, 0.25) is 0 Å². The van der Waals surface area contributed by atoms with Crippen LogP contribution in [0.4, 0.5) is 0 Å². The molecule has 120 valence electrons. The Morgan fingerprint density at radius 3 is 2.05 bits per heavy atom. The van der Waals surface area contributed by atoms with Crippen molar-refractivity contribution in [2.75, 3.05) is 0 Å². The molecule has 1 rings (SSSR count). The molecule has 0 fully saturated rings. The van der Waals surface area contributed by atoms with Crippen LogP contribution in [0.5, 0.6) is 0 Å². The Hall–Kier alpha value is 0.0900. The van der Waals surface area contributed by atoms with Crippen LogP contribution < -0.4 is 4.72 Å². The van der Waals surface area contributed by atoms with Crippen molar-refractivity contribution in [3.05, 3.63) is 26.6 Å². The predicted octanol–water partition coefficient (Wildman–Crippen LogP) is 5.01. The highest BCUT2D eigenvalue weighted by molar-refractivity contribution is 9.11. The SMILES string of the molecule is Cc1cc(Br)c(S(=O)(=O)NC(C)(C)CC(C)(C)C)cc1Br. The zero-order valence-electron chi connectivity index (χ0n) is 13.3. The lowest BCUT2D eigenvalue weighted by molar-refractivity contribution is 0.269. The zero-order chi connectivity index (χ0) is 16.6. The lowest BCUT2D eigenvalue weighted by atomic mass is 9.82. The predicted molar refractivity (Wildman–Crippen MR) is 95.1 cm³/mol. The monoisotopic (exact) mass is 439 g/mol. The average molecular weight is 441 g/mol. The number of halogens is 2. The Kier molecular flexibility index (Phi) is 5.74. The first-order valence-corrected chi connectivity index (χ1v) is 9.80. The Morgan fingerprint density at radius 2 is 1.57 bits per heavy atom. The first-order chi connectivity index (χ1) is 9.23. The average Bonchev–Trinajstić information content (AvgIpc) is 2.17. The number of sulfonamides is 1. The van der Waals surface area contributed by atoms with E-state index in [0.29, 0.717) is 4.47 Å². The van der Waals surface area contributed by atoms with Crippen molar-refractivity contribution in [2.24, 2.45) is 5.41 Å². The van der Waals surface area contributed by atoms with Crippen LogP contribution >= 0.6 is 31.9 Å². The molecule has 0 unspecified atom stereocenters. The second-order valence-corrected chi connectivity index (χ2v) is 10.6. The van der Waals surface area contributed by atoms with E-state index in [-0.39, 0.29) is 10.3 Å². The van der Waals surface area contributed by atoms with Crippen LogP contribution in [-0.2, 0) is 10.0 Å². The van der Waals surface area contributed by atoms with E-state index >= 15 is 0 Å². The Labute approximate surface area is 145 Å². The maximum atomic E-state index is 12.7. The van der Waals surface area contributed by atoms with E-state index in [9.17, 15) is 8.42 Å². The molecule has 0 atom stereocenters. The second kappa shape index (κ2) is 6.30. The maximum Gasteiger partial charge on any atom is 0.242 e. The molecular formula is C15H23Br2NO2S. The van der Waals surface area contributed by atoms with E-state index in [1.165, 1.54) is 0 Å². The lowest BCUT2D eigenvalue weighted by Gasteiger charge is -2.33. The number of rotatable bonds is 4. The van der Waals surface area contributed by atoms with Gasteiger partial charge in [0.15, 0.2) is 0 Å². The van der Waals surface area contributed by atoms with Crippen molar-refractivity contribution < 1.29 is 8.42 Å². The topological polar surface area (TPSA) is 46.2 Å². The molecule has 1 aromatic rings. The first kappa shape index (κ1) is 19.1. The van der Waals surface area contributed by atoms with E-state index < -0.39 is 15.6 Å². The molecule has 1 aromatic carbocycles. The number of hydrogen-bond acceptors (Lipinski definition) is 2. The zero-order valence-corrected chi connectivity index (χ0v) is 17.3. The molecule has 0 radical (unpaired) electrons. The van der Waals surface area contributed by atoms with Crippen molar-refractivity contribution >= 4 is 41.9 Å². The summed E-state index contributed by atoms with van der Waals surface area (Å²) in [5.74, 6) is 0. The van der Waals surface area contributed by atoms with Crippen molar-refractivity contribution in [2.45, 2.75) is 58.4 Å². The van der Waals surface area contributed by atoms with Gasteiger partial charge >= 0.3 is 0 Å². The van der Waals surface area contributed by atoms with E-state index in [1.54, 1.807) is 12.1 Å². The Balaban J connectivity index is 3.16. The molecule has 1 N–H and O–H groups in total. The highest BCUT2D eigenvalue weighted by atomic mass is 79.9. The van der Waals surface area contributed by atoms with Gasteiger partial charge in [0.1, 0.15) is 0 Å². The fourth-order valence-corrected chi connectivity index (χ4v) is 5.70. The van der Waals surface area contributed by atoms with Gasteiger partial charge < -0.3 is 0 Å². The van der Waals surface area contributed by atoms with E-state index in [0.717, 1.165) is 16.5 Å². The summed E-state index contributed by atoms with van der Waals surface area (Å²) in [4.78, 5) is 0.252. The first-order valence-electron chi connectivity index (χ1n) is 6.73. The minimum Gasteiger partial charge on any atom is -0.207 e. The van der Waals surface area contributed by atoms with E-state index in [1.807, 2.05) is 20.8 Å². The third kappa shape index (κ3) is 5.66.